The number of carbonyl (C=O) groups is 2. The molecule has 140 valence electrons. The minimum absolute atomic E-state index is 0.0124. The van der Waals surface area contributed by atoms with Gasteiger partial charge in [-0.05, 0) is 38.0 Å². The van der Waals surface area contributed by atoms with Crippen molar-refractivity contribution < 1.29 is 19.4 Å². The standard InChI is InChI=1S/C19H25N3O4/c1-11(2)10-22-13(4)15(12(3)21-22)9-18(23)20-17-7-6-14(26-5)8-16(17)19(24)25/h6-8,11H,9-10H2,1-5H3,(H,20,23)(H,24,25). The number of nitrogens with zero attached hydrogens (tertiary/aromatic N) is 2. The minimum atomic E-state index is -1.13. The summed E-state index contributed by atoms with van der Waals surface area (Å²) in [6.07, 6.45) is 0.140. The highest BCUT2D eigenvalue weighted by molar-refractivity contribution is 6.01. The van der Waals surface area contributed by atoms with Crippen molar-refractivity contribution in [2.24, 2.45) is 5.92 Å². The first kappa shape index (κ1) is 19.5. The lowest BCUT2D eigenvalue weighted by Gasteiger charge is -2.11. The third-order valence-corrected chi connectivity index (χ3v) is 4.14. The van der Waals surface area contributed by atoms with E-state index in [1.807, 2.05) is 18.5 Å². The van der Waals surface area contributed by atoms with E-state index in [1.54, 1.807) is 6.07 Å². The van der Waals surface area contributed by atoms with Crippen molar-refractivity contribution >= 4 is 17.6 Å². The molecule has 7 nitrogen and oxygen atoms in total. The highest BCUT2D eigenvalue weighted by Crippen LogP contribution is 2.23. The molecule has 1 aromatic heterocycles. The Morgan fingerprint density at radius 3 is 2.58 bits per heavy atom. The lowest BCUT2D eigenvalue weighted by Crippen LogP contribution is -2.17. The molecule has 0 atom stereocenters. The van der Waals surface area contributed by atoms with Crippen LogP contribution in [0.25, 0.3) is 0 Å². The number of rotatable bonds is 7. The number of ether oxygens (including phenoxy) is 1. The quantitative estimate of drug-likeness (QED) is 0.792. The fourth-order valence-corrected chi connectivity index (χ4v) is 2.80. The summed E-state index contributed by atoms with van der Waals surface area (Å²) in [4.78, 5) is 23.9. The van der Waals surface area contributed by atoms with Crippen LogP contribution in [0, 0.1) is 19.8 Å². The number of hydrogen-bond acceptors (Lipinski definition) is 4. The molecule has 26 heavy (non-hydrogen) atoms. The zero-order valence-electron chi connectivity index (χ0n) is 15.8. The van der Waals surface area contributed by atoms with E-state index in [4.69, 9.17) is 4.74 Å². The van der Waals surface area contributed by atoms with E-state index >= 15 is 0 Å². The summed E-state index contributed by atoms with van der Waals surface area (Å²) in [5, 5.41) is 16.5. The first-order valence-electron chi connectivity index (χ1n) is 8.47. The molecule has 0 fully saturated rings. The van der Waals surface area contributed by atoms with Crippen LogP contribution in [0.2, 0.25) is 0 Å². The molecule has 1 aromatic carbocycles. The Morgan fingerprint density at radius 2 is 2.00 bits per heavy atom. The molecule has 0 unspecified atom stereocenters. The lowest BCUT2D eigenvalue weighted by atomic mass is 10.1. The van der Waals surface area contributed by atoms with Gasteiger partial charge in [0.2, 0.25) is 5.91 Å². The van der Waals surface area contributed by atoms with Gasteiger partial charge in [0.05, 0.1) is 30.5 Å². The van der Waals surface area contributed by atoms with Crippen LogP contribution in [-0.4, -0.2) is 33.9 Å². The Labute approximate surface area is 153 Å². The van der Waals surface area contributed by atoms with E-state index in [2.05, 4.69) is 24.3 Å². The van der Waals surface area contributed by atoms with E-state index in [0.29, 0.717) is 11.7 Å². The molecule has 7 heteroatoms. The van der Waals surface area contributed by atoms with Crippen molar-refractivity contribution in [3.63, 3.8) is 0 Å². The van der Waals surface area contributed by atoms with Crippen LogP contribution in [0.3, 0.4) is 0 Å². The molecule has 0 saturated heterocycles. The van der Waals surface area contributed by atoms with Crippen molar-refractivity contribution in [3.8, 4) is 5.75 Å². The van der Waals surface area contributed by atoms with Gasteiger partial charge in [0.25, 0.3) is 0 Å². The zero-order valence-corrected chi connectivity index (χ0v) is 15.8. The monoisotopic (exact) mass is 359 g/mol. The summed E-state index contributed by atoms with van der Waals surface area (Å²) in [5.41, 5.74) is 2.87. The molecule has 1 heterocycles. The van der Waals surface area contributed by atoms with Gasteiger partial charge in [-0.3, -0.25) is 9.48 Å². The number of methoxy groups -OCH3 is 1. The molecule has 2 N–H and O–H groups in total. The van der Waals surface area contributed by atoms with Crippen molar-refractivity contribution in [2.75, 3.05) is 12.4 Å². The third kappa shape index (κ3) is 4.41. The summed E-state index contributed by atoms with van der Waals surface area (Å²) in [7, 11) is 1.46. The van der Waals surface area contributed by atoms with E-state index in [-0.39, 0.29) is 23.6 Å². The molecule has 0 aliphatic carbocycles. The Morgan fingerprint density at radius 1 is 1.31 bits per heavy atom. The van der Waals surface area contributed by atoms with Crippen molar-refractivity contribution in [3.05, 3.63) is 40.7 Å². The summed E-state index contributed by atoms with van der Waals surface area (Å²) in [6.45, 7) is 8.83. The Hall–Kier alpha value is -2.83. The molecular formula is C19H25N3O4. The van der Waals surface area contributed by atoms with Crippen LogP contribution in [0.5, 0.6) is 5.75 Å². The summed E-state index contributed by atoms with van der Waals surface area (Å²) < 4.78 is 6.95. The van der Waals surface area contributed by atoms with Crippen molar-refractivity contribution in [1.29, 1.82) is 0 Å². The molecule has 2 rings (SSSR count). The SMILES string of the molecule is COc1ccc(NC(=O)Cc2c(C)nn(CC(C)C)c2C)c(C(=O)O)c1. The van der Waals surface area contributed by atoms with E-state index in [1.165, 1.54) is 19.2 Å². The van der Waals surface area contributed by atoms with Crippen molar-refractivity contribution in [2.45, 2.75) is 40.7 Å². The predicted octanol–water partition coefficient (Wildman–Crippen LogP) is 3.04. The maximum absolute atomic E-state index is 12.5. The smallest absolute Gasteiger partial charge is 0.337 e. The second-order valence-electron chi connectivity index (χ2n) is 6.67. The molecule has 0 aliphatic heterocycles. The summed E-state index contributed by atoms with van der Waals surface area (Å²) >= 11 is 0. The highest BCUT2D eigenvalue weighted by Gasteiger charge is 2.18. The van der Waals surface area contributed by atoms with Crippen LogP contribution in [0.1, 0.15) is 41.2 Å². The second kappa shape index (κ2) is 8.03. The highest BCUT2D eigenvalue weighted by atomic mass is 16.5. The molecule has 0 aliphatic rings. The summed E-state index contributed by atoms with van der Waals surface area (Å²) in [6, 6.07) is 4.52. The second-order valence-corrected chi connectivity index (χ2v) is 6.67. The van der Waals surface area contributed by atoms with Gasteiger partial charge in [0, 0.05) is 17.8 Å². The van der Waals surface area contributed by atoms with Gasteiger partial charge >= 0.3 is 5.97 Å². The van der Waals surface area contributed by atoms with Gasteiger partial charge in [-0.2, -0.15) is 5.10 Å². The number of aromatic nitrogens is 2. The zero-order chi connectivity index (χ0) is 19.4. The predicted molar refractivity (Wildman–Crippen MR) is 98.8 cm³/mol. The van der Waals surface area contributed by atoms with Gasteiger partial charge < -0.3 is 15.2 Å². The molecular weight excluding hydrogens is 334 g/mol. The topological polar surface area (TPSA) is 93.5 Å². The van der Waals surface area contributed by atoms with Crippen LogP contribution in [-0.2, 0) is 17.8 Å². The molecule has 2 aromatic rings. The van der Waals surface area contributed by atoms with Gasteiger partial charge in [-0.1, -0.05) is 13.8 Å². The first-order chi connectivity index (χ1) is 12.2. The van der Waals surface area contributed by atoms with E-state index in [9.17, 15) is 14.7 Å². The Kier molecular flexibility index (Phi) is 6.02. The number of aryl methyl sites for hydroxylation is 1. The average Bonchev–Trinajstić information content (AvgIpc) is 2.81. The fourth-order valence-electron chi connectivity index (χ4n) is 2.80. The van der Waals surface area contributed by atoms with Crippen LogP contribution in [0.15, 0.2) is 18.2 Å². The van der Waals surface area contributed by atoms with Crippen LogP contribution >= 0.6 is 0 Å². The van der Waals surface area contributed by atoms with Crippen molar-refractivity contribution in [1.82, 2.24) is 9.78 Å². The molecule has 1 amide bonds. The summed E-state index contributed by atoms with van der Waals surface area (Å²) in [5.74, 6) is -0.543. The molecule has 0 saturated carbocycles. The number of carboxylic acid groups (broad SMARTS) is 1. The Balaban J connectivity index is 2.20. The first-order valence-corrected chi connectivity index (χ1v) is 8.47. The van der Waals surface area contributed by atoms with Gasteiger partial charge in [0.15, 0.2) is 0 Å². The fraction of sp³-hybridized carbons (Fsp3) is 0.421. The van der Waals surface area contributed by atoms with Gasteiger partial charge in [0.1, 0.15) is 5.75 Å². The third-order valence-electron chi connectivity index (χ3n) is 4.14. The number of carboxylic acids is 1. The van der Waals surface area contributed by atoms with E-state index < -0.39 is 5.97 Å². The molecule has 0 spiro atoms. The van der Waals surface area contributed by atoms with E-state index in [0.717, 1.165) is 23.5 Å². The number of aromatic carboxylic acids is 1. The Bertz CT molecular complexity index is 824. The number of amides is 1. The lowest BCUT2D eigenvalue weighted by molar-refractivity contribution is -0.115. The molecule has 0 radical (unpaired) electrons. The minimum Gasteiger partial charge on any atom is -0.497 e. The number of carbonyl (C=O) groups excluding carboxylic acids is 1. The number of anilines is 1. The molecule has 0 bridgehead atoms. The normalized spacial score (nSPS) is 10.8. The maximum atomic E-state index is 12.5. The average molecular weight is 359 g/mol. The largest absolute Gasteiger partial charge is 0.497 e. The van der Waals surface area contributed by atoms with Crippen LogP contribution < -0.4 is 10.1 Å². The maximum Gasteiger partial charge on any atom is 0.337 e. The number of benzene rings is 1. The van der Waals surface area contributed by atoms with Gasteiger partial charge in [-0.15, -0.1) is 0 Å². The van der Waals surface area contributed by atoms with Crippen LogP contribution in [0.4, 0.5) is 5.69 Å². The number of nitrogens with one attached hydrogen (secondary N) is 1. The van der Waals surface area contributed by atoms with Gasteiger partial charge in [-0.25, -0.2) is 4.79 Å². The number of hydrogen-bond donors (Lipinski definition) is 2.